The van der Waals surface area contributed by atoms with E-state index in [-0.39, 0.29) is 0 Å². The molecule has 0 unspecified atom stereocenters. The fourth-order valence-corrected chi connectivity index (χ4v) is 1.85. The Morgan fingerprint density at radius 3 is 2.87 bits per heavy atom. The first kappa shape index (κ1) is 12.3. The molecule has 0 bridgehead atoms. The lowest BCUT2D eigenvalue weighted by Gasteiger charge is -2.02. The van der Waals surface area contributed by atoms with Gasteiger partial charge in [-0.15, -0.1) is 11.6 Å². The second-order valence-electron chi connectivity index (χ2n) is 3.04. The van der Waals surface area contributed by atoms with Gasteiger partial charge in [-0.2, -0.15) is 5.26 Å². The molecule has 0 saturated heterocycles. The summed E-state index contributed by atoms with van der Waals surface area (Å²) >= 11 is 9.01. The Balaban J connectivity index is 2.97. The first-order valence-corrected chi connectivity index (χ1v) is 6.29. The van der Waals surface area contributed by atoms with Gasteiger partial charge in [-0.1, -0.05) is 34.1 Å². The third-order valence-corrected chi connectivity index (χ3v) is 2.81. The van der Waals surface area contributed by atoms with Gasteiger partial charge in [0, 0.05) is 11.2 Å². The van der Waals surface area contributed by atoms with E-state index in [0.717, 1.165) is 17.3 Å². The van der Waals surface area contributed by atoms with E-state index < -0.39 is 0 Å². The molecule has 15 heavy (non-hydrogen) atoms. The Morgan fingerprint density at radius 2 is 2.27 bits per heavy atom. The molecule has 0 saturated carbocycles. The smallest absolute Gasteiger partial charge is 0.0991 e. The zero-order chi connectivity index (χ0) is 11.1. The SMILES string of the molecule is N#Cc1ccc(CBr)c(C=CCCCl)c1. The first-order chi connectivity index (χ1) is 7.31. The Kier molecular flexibility index (Phi) is 5.45. The number of halogens is 2. The number of allylic oxidation sites excluding steroid dienone is 1. The molecular weight excluding hydrogens is 273 g/mol. The molecule has 0 N–H and O–H groups in total. The Morgan fingerprint density at radius 1 is 1.47 bits per heavy atom. The molecule has 0 atom stereocenters. The molecular formula is C12H11BrClN. The maximum Gasteiger partial charge on any atom is 0.0991 e. The van der Waals surface area contributed by atoms with Gasteiger partial charge in [0.25, 0.3) is 0 Å². The minimum absolute atomic E-state index is 0.623. The van der Waals surface area contributed by atoms with Gasteiger partial charge < -0.3 is 0 Å². The highest BCUT2D eigenvalue weighted by molar-refractivity contribution is 9.08. The van der Waals surface area contributed by atoms with E-state index in [4.69, 9.17) is 16.9 Å². The van der Waals surface area contributed by atoms with Crippen LogP contribution in [0.3, 0.4) is 0 Å². The topological polar surface area (TPSA) is 23.8 Å². The van der Waals surface area contributed by atoms with Crippen molar-refractivity contribution in [3.05, 3.63) is 41.0 Å². The number of alkyl halides is 2. The Hall–Kier alpha value is -0.780. The van der Waals surface area contributed by atoms with Gasteiger partial charge in [-0.05, 0) is 29.7 Å². The molecule has 1 rings (SSSR count). The standard InChI is InChI=1S/C12H11BrClN/c13-8-12-5-4-10(9-15)7-11(12)3-1-2-6-14/h1,3-5,7H,2,6,8H2. The van der Waals surface area contributed by atoms with Crippen molar-refractivity contribution < 1.29 is 0 Å². The van der Waals surface area contributed by atoms with Crippen LogP contribution in [-0.2, 0) is 5.33 Å². The van der Waals surface area contributed by atoms with E-state index in [2.05, 4.69) is 22.0 Å². The monoisotopic (exact) mass is 283 g/mol. The van der Waals surface area contributed by atoms with Crippen LogP contribution < -0.4 is 0 Å². The average molecular weight is 285 g/mol. The second kappa shape index (κ2) is 6.66. The van der Waals surface area contributed by atoms with Crippen LogP contribution in [0.4, 0.5) is 0 Å². The summed E-state index contributed by atoms with van der Waals surface area (Å²) < 4.78 is 0. The van der Waals surface area contributed by atoms with Crippen LogP contribution in [0, 0.1) is 11.3 Å². The Bertz CT molecular complexity index is 393. The quantitative estimate of drug-likeness (QED) is 0.764. The number of benzene rings is 1. The van der Waals surface area contributed by atoms with E-state index in [1.807, 2.05) is 30.4 Å². The molecule has 0 radical (unpaired) electrons. The number of rotatable bonds is 4. The largest absolute Gasteiger partial charge is 0.192 e. The van der Waals surface area contributed by atoms with Crippen LogP contribution in [0.15, 0.2) is 24.3 Å². The molecule has 0 aliphatic carbocycles. The molecule has 0 fully saturated rings. The van der Waals surface area contributed by atoms with Crippen molar-refractivity contribution in [3.63, 3.8) is 0 Å². The van der Waals surface area contributed by atoms with Crippen LogP contribution in [0.2, 0.25) is 0 Å². The van der Waals surface area contributed by atoms with Crippen LogP contribution in [0.1, 0.15) is 23.1 Å². The van der Waals surface area contributed by atoms with Crippen LogP contribution in [0.25, 0.3) is 6.08 Å². The van der Waals surface area contributed by atoms with Gasteiger partial charge in [0.15, 0.2) is 0 Å². The number of hydrogen-bond acceptors (Lipinski definition) is 1. The molecule has 0 spiro atoms. The predicted octanol–water partition coefficient (Wildman–Crippen LogP) is 4.10. The van der Waals surface area contributed by atoms with Gasteiger partial charge in [-0.3, -0.25) is 0 Å². The van der Waals surface area contributed by atoms with Crippen LogP contribution in [-0.4, -0.2) is 5.88 Å². The first-order valence-electron chi connectivity index (χ1n) is 4.63. The van der Waals surface area contributed by atoms with Gasteiger partial charge >= 0.3 is 0 Å². The van der Waals surface area contributed by atoms with Crippen molar-refractivity contribution >= 4 is 33.6 Å². The average Bonchev–Trinajstić information content (AvgIpc) is 2.29. The van der Waals surface area contributed by atoms with Crippen molar-refractivity contribution in [2.45, 2.75) is 11.8 Å². The zero-order valence-electron chi connectivity index (χ0n) is 8.21. The van der Waals surface area contributed by atoms with Gasteiger partial charge in [0.1, 0.15) is 0 Å². The lowest BCUT2D eigenvalue weighted by molar-refractivity contribution is 1.24. The summed E-state index contributed by atoms with van der Waals surface area (Å²) in [7, 11) is 0. The summed E-state index contributed by atoms with van der Waals surface area (Å²) in [6, 6.07) is 7.82. The summed E-state index contributed by atoms with van der Waals surface area (Å²) in [5.41, 5.74) is 2.95. The third kappa shape index (κ3) is 3.70. The third-order valence-electron chi connectivity index (χ3n) is 1.99. The maximum absolute atomic E-state index is 8.79. The second-order valence-corrected chi connectivity index (χ2v) is 3.98. The van der Waals surface area contributed by atoms with E-state index in [0.29, 0.717) is 11.4 Å². The number of nitrogens with zero attached hydrogens (tertiary/aromatic N) is 1. The molecule has 0 aromatic heterocycles. The molecule has 78 valence electrons. The maximum atomic E-state index is 8.79. The summed E-state index contributed by atoms with van der Waals surface area (Å²) in [6.45, 7) is 0. The van der Waals surface area contributed by atoms with Crippen molar-refractivity contribution in [2.24, 2.45) is 0 Å². The molecule has 0 amide bonds. The van der Waals surface area contributed by atoms with Gasteiger partial charge in [-0.25, -0.2) is 0 Å². The van der Waals surface area contributed by atoms with E-state index in [9.17, 15) is 0 Å². The molecule has 0 aliphatic heterocycles. The fourth-order valence-electron chi connectivity index (χ4n) is 1.21. The summed E-state index contributed by atoms with van der Waals surface area (Å²) in [6.07, 6.45) is 4.88. The van der Waals surface area contributed by atoms with Crippen molar-refractivity contribution in [2.75, 3.05) is 5.88 Å². The molecule has 0 aliphatic rings. The number of hydrogen-bond donors (Lipinski definition) is 0. The lowest BCUT2D eigenvalue weighted by Crippen LogP contribution is -1.86. The van der Waals surface area contributed by atoms with E-state index in [1.54, 1.807) is 0 Å². The minimum atomic E-state index is 0.623. The summed E-state index contributed by atoms with van der Waals surface area (Å²) in [5.74, 6) is 0.623. The zero-order valence-corrected chi connectivity index (χ0v) is 10.6. The van der Waals surface area contributed by atoms with Gasteiger partial charge in [0.2, 0.25) is 0 Å². The van der Waals surface area contributed by atoms with Gasteiger partial charge in [0.05, 0.1) is 11.6 Å². The fraction of sp³-hybridized carbons (Fsp3) is 0.250. The van der Waals surface area contributed by atoms with E-state index in [1.165, 1.54) is 5.56 Å². The van der Waals surface area contributed by atoms with Crippen molar-refractivity contribution in [1.82, 2.24) is 0 Å². The van der Waals surface area contributed by atoms with E-state index >= 15 is 0 Å². The van der Waals surface area contributed by atoms with Crippen molar-refractivity contribution in [3.8, 4) is 6.07 Å². The molecule has 1 aromatic carbocycles. The Labute approximate surface area is 103 Å². The molecule has 0 heterocycles. The van der Waals surface area contributed by atoms with Crippen LogP contribution >= 0.6 is 27.5 Å². The lowest BCUT2D eigenvalue weighted by atomic mass is 10.0. The van der Waals surface area contributed by atoms with Crippen LogP contribution in [0.5, 0.6) is 0 Å². The number of nitriles is 1. The normalized spacial score (nSPS) is 10.5. The summed E-state index contributed by atoms with van der Waals surface area (Å²) in [5, 5.41) is 9.58. The molecule has 1 nitrogen and oxygen atoms in total. The molecule has 1 aromatic rings. The highest BCUT2D eigenvalue weighted by atomic mass is 79.9. The summed E-state index contributed by atoms with van der Waals surface area (Å²) in [4.78, 5) is 0. The van der Waals surface area contributed by atoms with Crippen molar-refractivity contribution in [1.29, 1.82) is 5.26 Å². The minimum Gasteiger partial charge on any atom is -0.192 e. The highest BCUT2D eigenvalue weighted by Crippen LogP contribution is 2.16. The highest BCUT2D eigenvalue weighted by Gasteiger charge is 1.99. The molecule has 3 heteroatoms. The predicted molar refractivity (Wildman–Crippen MR) is 68.2 cm³/mol.